The molecule has 0 radical (unpaired) electrons. The van der Waals surface area contributed by atoms with Crippen LogP contribution in [0.4, 0.5) is 0 Å². The normalized spacial score (nSPS) is 10.8. The van der Waals surface area contributed by atoms with E-state index in [0.29, 0.717) is 35.5 Å². The van der Waals surface area contributed by atoms with E-state index in [-0.39, 0.29) is 11.6 Å². The number of hydrogen-bond acceptors (Lipinski definition) is 3. The predicted molar refractivity (Wildman–Crippen MR) is 138 cm³/mol. The summed E-state index contributed by atoms with van der Waals surface area (Å²) < 4.78 is 6.16. The van der Waals surface area contributed by atoms with Gasteiger partial charge in [-0.1, -0.05) is 102 Å². The fourth-order valence-corrected chi connectivity index (χ4v) is 4.09. The summed E-state index contributed by atoms with van der Waals surface area (Å²) in [6.07, 6.45) is 14.9. The molecule has 0 amide bonds. The molecule has 0 aliphatic heterocycles. The van der Waals surface area contributed by atoms with Crippen molar-refractivity contribution in [2.24, 2.45) is 0 Å². The van der Waals surface area contributed by atoms with Gasteiger partial charge in [0.25, 0.3) is 0 Å². The van der Waals surface area contributed by atoms with E-state index in [1.807, 2.05) is 48.5 Å². The van der Waals surface area contributed by atoms with E-state index in [1.54, 1.807) is 0 Å². The highest BCUT2D eigenvalue weighted by molar-refractivity contribution is 6.00. The van der Waals surface area contributed by atoms with Crippen LogP contribution in [0.3, 0.4) is 0 Å². The van der Waals surface area contributed by atoms with Crippen LogP contribution in [0.5, 0.6) is 11.5 Å². The first-order valence-electron chi connectivity index (χ1n) is 13.1. The highest BCUT2D eigenvalue weighted by Crippen LogP contribution is 2.30. The molecule has 0 heterocycles. The number of carbonyl (C=O) groups is 2. The quantitative estimate of drug-likeness (QED) is 0.168. The van der Waals surface area contributed by atoms with Gasteiger partial charge in [-0.3, -0.25) is 9.59 Å². The van der Waals surface area contributed by atoms with Crippen molar-refractivity contribution in [1.82, 2.24) is 0 Å². The van der Waals surface area contributed by atoms with Gasteiger partial charge in [0.2, 0.25) is 0 Å². The molecule has 0 aromatic heterocycles. The summed E-state index contributed by atoms with van der Waals surface area (Å²) in [5.41, 5.74) is 1.20. The van der Waals surface area contributed by atoms with Gasteiger partial charge in [-0.2, -0.15) is 0 Å². The summed E-state index contributed by atoms with van der Waals surface area (Å²) in [7, 11) is 0. The lowest BCUT2D eigenvalue weighted by molar-refractivity contribution is 0.0972. The third-order valence-electron chi connectivity index (χ3n) is 6.11. The first kappa shape index (κ1) is 26.8. The summed E-state index contributed by atoms with van der Waals surface area (Å²) in [4.78, 5) is 25.7. The third kappa shape index (κ3) is 9.94. The molecule has 0 N–H and O–H groups in total. The smallest absolute Gasteiger partial charge is 0.166 e. The van der Waals surface area contributed by atoms with Crippen molar-refractivity contribution in [1.29, 1.82) is 0 Å². The molecule has 0 bridgehead atoms. The van der Waals surface area contributed by atoms with E-state index in [9.17, 15) is 9.59 Å². The Morgan fingerprint density at radius 2 is 0.909 bits per heavy atom. The molecule has 0 atom stereocenters. The average molecular weight is 451 g/mol. The zero-order valence-corrected chi connectivity index (χ0v) is 20.7. The van der Waals surface area contributed by atoms with Gasteiger partial charge in [-0.25, -0.2) is 0 Å². The van der Waals surface area contributed by atoms with E-state index in [4.69, 9.17) is 4.74 Å². The largest absolute Gasteiger partial charge is 0.456 e. The monoisotopic (exact) mass is 450 g/mol. The fourth-order valence-electron chi connectivity index (χ4n) is 4.09. The van der Waals surface area contributed by atoms with E-state index < -0.39 is 0 Å². The number of rotatable bonds is 18. The Balaban J connectivity index is 1.96. The molecule has 0 unspecified atom stereocenters. The second-order valence-electron chi connectivity index (χ2n) is 8.98. The van der Waals surface area contributed by atoms with Crippen LogP contribution in [0.1, 0.15) is 124 Å². The van der Waals surface area contributed by atoms with E-state index in [0.717, 1.165) is 25.7 Å². The molecule has 2 aromatic rings. The molecule has 3 nitrogen and oxygen atoms in total. The standard InChI is InChI=1S/C30H42O3/c1-3-5-7-9-11-13-21-27(31)25-19-15-17-23-29(25)33-30-24-18-16-20-26(30)28(32)22-14-12-10-8-6-4-2/h15-20,23-24H,3-14,21-22H2,1-2H3. The Morgan fingerprint density at radius 1 is 0.545 bits per heavy atom. The molecule has 180 valence electrons. The number of ether oxygens (including phenoxy) is 1. The molecule has 0 aliphatic carbocycles. The number of Topliss-reactive ketones (excluding diaryl/α,β-unsaturated/α-hetero) is 2. The summed E-state index contributed by atoms with van der Waals surface area (Å²) >= 11 is 0. The molecule has 0 spiro atoms. The van der Waals surface area contributed by atoms with Gasteiger partial charge in [-0.05, 0) is 37.1 Å². The van der Waals surface area contributed by atoms with Crippen LogP contribution >= 0.6 is 0 Å². The SMILES string of the molecule is CCCCCCCCC(=O)c1ccccc1Oc1ccccc1C(=O)CCCCCCCC. The maximum absolute atomic E-state index is 12.9. The van der Waals surface area contributed by atoms with Crippen molar-refractivity contribution in [2.75, 3.05) is 0 Å². The van der Waals surface area contributed by atoms with Gasteiger partial charge in [0.15, 0.2) is 11.6 Å². The van der Waals surface area contributed by atoms with Crippen molar-refractivity contribution in [3.8, 4) is 11.5 Å². The van der Waals surface area contributed by atoms with Crippen LogP contribution < -0.4 is 4.74 Å². The lowest BCUT2D eigenvalue weighted by Gasteiger charge is -2.13. The van der Waals surface area contributed by atoms with Crippen LogP contribution in [0.25, 0.3) is 0 Å². The Hall–Kier alpha value is -2.42. The molecule has 33 heavy (non-hydrogen) atoms. The topological polar surface area (TPSA) is 43.4 Å². The molecule has 2 aromatic carbocycles. The van der Waals surface area contributed by atoms with Crippen molar-refractivity contribution in [2.45, 2.75) is 104 Å². The molecular weight excluding hydrogens is 408 g/mol. The molecule has 0 saturated heterocycles. The average Bonchev–Trinajstić information content (AvgIpc) is 2.84. The first-order valence-corrected chi connectivity index (χ1v) is 13.1. The Bertz CT molecular complexity index is 770. The zero-order chi connectivity index (χ0) is 23.7. The highest BCUT2D eigenvalue weighted by Gasteiger charge is 2.16. The van der Waals surface area contributed by atoms with Crippen LogP contribution in [-0.4, -0.2) is 11.6 Å². The Kier molecular flexibility index (Phi) is 13.2. The van der Waals surface area contributed by atoms with Crippen LogP contribution in [0.2, 0.25) is 0 Å². The second kappa shape index (κ2) is 16.2. The number of carbonyl (C=O) groups excluding carboxylic acids is 2. The van der Waals surface area contributed by atoms with Gasteiger partial charge < -0.3 is 4.74 Å². The molecule has 3 heteroatoms. The number of para-hydroxylation sites is 2. The van der Waals surface area contributed by atoms with E-state index in [1.165, 1.54) is 51.4 Å². The Labute approximate surface area is 200 Å². The third-order valence-corrected chi connectivity index (χ3v) is 6.11. The van der Waals surface area contributed by atoms with E-state index in [2.05, 4.69) is 13.8 Å². The lowest BCUT2D eigenvalue weighted by atomic mass is 10.0. The van der Waals surface area contributed by atoms with Gasteiger partial charge >= 0.3 is 0 Å². The predicted octanol–water partition coefficient (Wildman–Crippen LogP) is 9.35. The van der Waals surface area contributed by atoms with Gasteiger partial charge in [0.1, 0.15) is 11.5 Å². The van der Waals surface area contributed by atoms with Crippen molar-refractivity contribution in [3.05, 3.63) is 59.7 Å². The number of benzene rings is 2. The summed E-state index contributed by atoms with van der Waals surface area (Å²) in [5.74, 6) is 1.29. The number of ketones is 2. The minimum atomic E-state index is 0.108. The molecule has 0 saturated carbocycles. The summed E-state index contributed by atoms with van der Waals surface area (Å²) in [6, 6.07) is 14.8. The maximum atomic E-state index is 12.9. The molecular formula is C30H42O3. The van der Waals surface area contributed by atoms with E-state index >= 15 is 0 Å². The summed E-state index contributed by atoms with van der Waals surface area (Å²) in [5, 5.41) is 0. The minimum absolute atomic E-state index is 0.108. The fraction of sp³-hybridized carbons (Fsp3) is 0.533. The van der Waals surface area contributed by atoms with Crippen LogP contribution in [0.15, 0.2) is 48.5 Å². The van der Waals surface area contributed by atoms with Crippen LogP contribution in [0, 0.1) is 0 Å². The van der Waals surface area contributed by atoms with Crippen molar-refractivity contribution >= 4 is 11.6 Å². The minimum Gasteiger partial charge on any atom is -0.456 e. The molecule has 2 rings (SSSR count). The number of unbranched alkanes of at least 4 members (excludes halogenated alkanes) is 10. The van der Waals surface area contributed by atoms with Crippen LogP contribution in [-0.2, 0) is 0 Å². The van der Waals surface area contributed by atoms with Gasteiger partial charge in [0, 0.05) is 12.8 Å². The van der Waals surface area contributed by atoms with Crippen molar-refractivity contribution in [3.63, 3.8) is 0 Å². The summed E-state index contributed by atoms with van der Waals surface area (Å²) in [6.45, 7) is 4.42. The number of hydrogen-bond donors (Lipinski definition) is 0. The van der Waals surface area contributed by atoms with Crippen molar-refractivity contribution < 1.29 is 14.3 Å². The lowest BCUT2D eigenvalue weighted by Crippen LogP contribution is -2.05. The molecule has 0 aliphatic rings. The zero-order valence-electron chi connectivity index (χ0n) is 20.7. The first-order chi connectivity index (χ1) is 16.2. The maximum Gasteiger partial charge on any atom is 0.166 e. The molecule has 0 fully saturated rings. The van der Waals surface area contributed by atoms with Gasteiger partial charge in [0.05, 0.1) is 11.1 Å². The highest BCUT2D eigenvalue weighted by atomic mass is 16.5. The second-order valence-corrected chi connectivity index (χ2v) is 8.98. The Morgan fingerprint density at radius 3 is 1.33 bits per heavy atom. The van der Waals surface area contributed by atoms with Gasteiger partial charge in [-0.15, -0.1) is 0 Å².